The van der Waals surface area contributed by atoms with Crippen molar-refractivity contribution >= 4 is 17.2 Å². The fourth-order valence-electron chi connectivity index (χ4n) is 4.08. The molecule has 4 rings (SSSR count). The van der Waals surface area contributed by atoms with Gasteiger partial charge in [0.15, 0.2) is 0 Å². The largest absolute Gasteiger partial charge is 0.295 e. The molecule has 0 unspecified atom stereocenters. The average molecular weight is 445 g/mol. The molecule has 2 heteroatoms. The Labute approximate surface area is 203 Å². The second-order valence-corrected chi connectivity index (χ2v) is 9.44. The van der Waals surface area contributed by atoms with E-state index >= 15 is 0 Å². The molecular weight excluding hydrogens is 412 g/mol. The number of amidine groups is 1. The van der Waals surface area contributed by atoms with Gasteiger partial charge in [-0.15, -0.1) is 0 Å². The summed E-state index contributed by atoms with van der Waals surface area (Å²) in [4.78, 5) is 6.86. The van der Waals surface area contributed by atoms with Gasteiger partial charge in [-0.25, -0.2) is 0 Å². The highest BCUT2D eigenvalue weighted by molar-refractivity contribution is 6.17. The summed E-state index contributed by atoms with van der Waals surface area (Å²) in [6.45, 7) is 11.2. The molecule has 0 saturated heterocycles. The van der Waals surface area contributed by atoms with E-state index in [0.29, 0.717) is 0 Å². The number of para-hydroxylation sites is 1. The third-order valence-corrected chi connectivity index (χ3v) is 6.04. The SMILES string of the molecule is C=C(c1ccc(-c2ccccc2)cc1)N(C(=NC)c1ccc(C(C)(C)C)cc1)c1ccccc1. The highest BCUT2D eigenvalue weighted by atomic mass is 15.2. The topological polar surface area (TPSA) is 15.6 Å². The van der Waals surface area contributed by atoms with E-state index in [1.165, 1.54) is 16.7 Å². The van der Waals surface area contributed by atoms with Gasteiger partial charge in [0.05, 0.1) is 0 Å². The Morgan fingerprint density at radius 2 is 1.15 bits per heavy atom. The normalized spacial score (nSPS) is 11.8. The first-order valence-electron chi connectivity index (χ1n) is 11.7. The monoisotopic (exact) mass is 444 g/mol. The zero-order chi connectivity index (χ0) is 24.1. The third-order valence-electron chi connectivity index (χ3n) is 6.04. The summed E-state index contributed by atoms with van der Waals surface area (Å²) in [5.41, 5.74) is 7.81. The van der Waals surface area contributed by atoms with Crippen LogP contribution in [0.5, 0.6) is 0 Å². The molecule has 0 N–H and O–H groups in total. The summed E-state index contributed by atoms with van der Waals surface area (Å²) >= 11 is 0. The lowest BCUT2D eigenvalue weighted by molar-refractivity contribution is 0.590. The standard InChI is InChI=1S/C32H32N2/c1-24(25-16-18-27(19-17-25)26-12-8-6-9-13-26)34(30-14-10-7-11-15-30)31(33-5)28-20-22-29(23-21-28)32(2,3)4/h6-23H,1H2,2-5H3. The van der Waals surface area contributed by atoms with E-state index in [0.717, 1.165) is 28.3 Å². The van der Waals surface area contributed by atoms with Crippen LogP contribution in [0.3, 0.4) is 0 Å². The molecule has 4 aromatic rings. The second kappa shape index (κ2) is 9.93. The Hall–Kier alpha value is -3.91. The van der Waals surface area contributed by atoms with Crippen LogP contribution in [-0.4, -0.2) is 12.9 Å². The first-order chi connectivity index (χ1) is 16.4. The van der Waals surface area contributed by atoms with Crippen LogP contribution in [0.2, 0.25) is 0 Å². The average Bonchev–Trinajstić information content (AvgIpc) is 2.87. The van der Waals surface area contributed by atoms with E-state index in [1.54, 1.807) is 0 Å². The maximum absolute atomic E-state index is 4.72. The number of benzene rings is 4. The Bertz CT molecular complexity index is 1260. The predicted molar refractivity (Wildman–Crippen MR) is 147 cm³/mol. The first kappa shape index (κ1) is 23.3. The Morgan fingerprint density at radius 3 is 1.68 bits per heavy atom. The van der Waals surface area contributed by atoms with Crippen LogP contribution in [0.1, 0.15) is 37.5 Å². The van der Waals surface area contributed by atoms with Gasteiger partial charge in [-0.3, -0.25) is 9.89 Å². The van der Waals surface area contributed by atoms with Crippen LogP contribution in [0, 0.1) is 0 Å². The molecule has 0 spiro atoms. The molecule has 170 valence electrons. The molecule has 0 heterocycles. The molecule has 0 bridgehead atoms. The van der Waals surface area contributed by atoms with Crippen LogP contribution in [0.15, 0.2) is 121 Å². The molecule has 4 aromatic carbocycles. The lowest BCUT2D eigenvalue weighted by Gasteiger charge is -2.29. The fraction of sp³-hybridized carbons (Fsp3) is 0.156. The van der Waals surface area contributed by atoms with Crippen molar-refractivity contribution in [3.05, 3.63) is 132 Å². The van der Waals surface area contributed by atoms with Crippen molar-refractivity contribution in [3.63, 3.8) is 0 Å². The van der Waals surface area contributed by atoms with E-state index in [1.807, 2.05) is 31.3 Å². The second-order valence-electron chi connectivity index (χ2n) is 9.44. The van der Waals surface area contributed by atoms with E-state index in [9.17, 15) is 0 Å². The minimum Gasteiger partial charge on any atom is -0.295 e. The maximum atomic E-state index is 4.72. The van der Waals surface area contributed by atoms with E-state index in [-0.39, 0.29) is 5.41 Å². The fourth-order valence-corrected chi connectivity index (χ4v) is 4.08. The van der Waals surface area contributed by atoms with Gasteiger partial charge in [0.2, 0.25) is 0 Å². The van der Waals surface area contributed by atoms with Crippen molar-refractivity contribution in [2.75, 3.05) is 11.9 Å². The number of anilines is 1. The Balaban J connectivity index is 1.72. The lowest BCUT2D eigenvalue weighted by Crippen LogP contribution is -2.30. The van der Waals surface area contributed by atoms with Crippen LogP contribution in [0.4, 0.5) is 5.69 Å². The van der Waals surface area contributed by atoms with Crippen molar-refractivity contribution in [2.24, 2.45) is 4.99 Å². The summed E-state index contributed by atoms with van der Waals surface area (Å²) in [5, 5.41) is 0. The molecule has 0 saturated carbocycles. The highest BCUT2D eigenvalue weighted by Crippen LogP contribution is 2.30. The first-order valence-corrected chi connectivity index (χ1v) is 11.7. The number of nitrogens with zero attached hydrogens (tertiary/aromatic N) is 2. The third kappa shape index (κ3) is 5.02. The molecule has 0 atom stereocenters. The molecule has 0 aliphatic heterocycles. The number of hydrogen-bond acceptors (Lipinski definition) is 1. The molecule has 34 heavy (non-hydrogen) atoms. The van der Waals surface area contributed by atoms with Gasteiger partial charge >= 0.3 is 0 Å². The molecule has 0 aliphatic carbocycles. The van der Waals surface area contributed by atoms with Crippen LogP contribution in [0.25, 0.3) is 16.8 Å². The highest BCUT2D eigenvalue weighted by Gasteiger charge is 2.21. The van der Waals surface area contributed by atoms with Crippen LogP contribution >= 0.6 is 0 Å². The van der Waals surface area contributed by atoms with Gasteiger partial charge in [0.1, 0.15) is 5.84 Å². The molecule has 0 aromatic heterocycles. The zero-order valence-corrected chi connectivity index (χ0v) is 20.5. The van der Waals surface area contributed by atoms with E-state index in [2.05, 4.69) is 117 Å². The van der Waals surface area contributed by atoms with Crippen molar-refractivity contribution < 1.29 is 0 Å². The van der Waals surface area contributed by atoms with Crippen LogP contribution in [-0.2, 0) is 5.41 Å². The predicted octanol–water partition coefficient (Wildman–Crippen LogP) is 8.21. The minimum atomic E-state index is 0.102. The van der Waals surface area contributed by atoms with Gasteiger partial charge in [-0.1, -0.05) is 124 Å². The van der Waals surface area contributed by atoms with E-state index < -0.39 is 0 Å². The number of hydrogen-bond donors (Lipinski definition) is 0. The maximum Gasteiger partial charge on any atom is 0.139 e. The molecule has 0 amide bonds. The number of aliphatic imine (C=N–C) groups is 1. The van der Waals surface area contributed by atoms with Crippen molar-refractivity contribution in [2.45, 2.75) is 26.2 Å². The van der Waals surface area contributed by atoms with Gasteiger partial charge in [-0.2, -0.15) is 0 Å². The van der Waals surface area contributed by atoms with Gasteiger partial charge < -0.3 is 0 Å². The molecule has 2 nitrogen and oxygen atoms in total. The van der Waals surface area contributed by atoms with Crippen molar-refractivity contribution in [3.8, 4) is 11.1 Å². The van der Waals surface area contributed by atoms with Gasteiger partial charge in [0.25, 0.3) is 0 Å². The lowest BCUT2D eigenvalue weighted by atomic mass is 9.86. The van der Waals surface area contributed by atoms with Crippen molar-refractivity contribution in [1.29, 1.82) is 0 Å². The summed E-state index contributed by atoms with van der Waals surface area (Å²) in [5.74, 6) is 0.865. The minimum absolute atomic E-state index is 0.102. The van der Waals surface area contributed by atoms with Crippen molar-refractivity contribution in [1.82, 2.24) is 0 Å². The van der Waals surface area contributed by atoms with Gasteiger partial charge in [-0.05, 0) is 39.8 Å². The van der Waals surface area contributed by atoms with E-state index in [4.69, 9.17) is 4.99 Å². The smallest absolute Gasteiger partial charge is 0.139 e. The summed E-state index contributed by atoms with van der Waals surface area (Å²) in [6.07, 6.45) is 0. The zero-order valence-electron chi connectivity index (χ0n) is 20.5. The van der Waals surface area contributed by atoms with Crippen LogP contribution < -0.4 is 4.90 Å². The molecule has 0 fully saturated rings. The Kier molecular flexibility index (Phi) is 6.79. The summed E-state index contributed by atoms with van der Waals surface area (Å²) < 4.78 is 0. The van der Waals surface area contributed by atoms with Gasteiger partial charge in [0, 0.05) is 24.0 Å². The molecule has 0 aliphatic rings. The molecule has 0 radical (unpaired) electrons. The summed E-state index contributed by atoms with van der Waals surface area (Å²) in [6, 6.07) is 38.0. The summed E-state index contributed by atoms with van der Waals surface area (Å²) in [7, 11) is 1.84. The Morgan fingerprint density at radius 1 is 0.647 bits per heavy atom. The molecular formula is C32H32N2. The number of rotatable bonds is 5. The quantitative estimate of drug-likeness (QED) is 0.224.